The van der Waals surface area contributed by atoms with Crippen molar-refractivity contribution in [3.8, 4) is 0 Å². The smallest absolute Gasteiger partial charge is 0.330 e. The molecule has 1 unspecified atom stereocenters. The van der Waals surface area contributed by atoms with Crippen molar-refractivity contribution in [1.82, 2.24) is 0 Å². The van der Waals surface area contributed by atoms with Crippen LogP contribution in [0.3, 0.4) is 0 Å². The second kappa shape index (κ2) is 9.27. The molecule has 5 heteroatoms. The van der Waals surface area contributed by atoms with Crippen LogP contribution in [-0.2, 0) is 14.3 Å². The first-order valence-corrected chi connectivity index (χ1v) is 5.83. The van der Waals surface area contributed by atoms with Gasteiger partial charge in [-0.25, -0.2) is 4.79 Å². The van der Waals surface area contributed by atoms with Gasteiger partial charge in [-0.05, 0) is 38.7 Å². The lowest BCUT2D eigenvalue weighted by molar-refractivity contribution is -0.147. The second-order valence-corrected chi connectivity index (χ2v) is 4.07. The number of aliphatic carboxylic acids is 1. The van der Waals surface area contributed by atoms with E-state index in [1.807, 2.05) is 0 Å². The third-order valence-corrected chi connectivity index (χ3v) is 2.42. The predicted octanol–water partition coefficient (Wildman–Crippen LogP) is 2.44. The quantitative estimate of drug-likeness (QED) is 0.460. The molecular formula is C13H20O5. The van der Waals surface area contributed by atoms with Crippen LogP contribution in [0, 0.1) is 5.92 Å². The molecule has 5 nitrogen and oxygen atoms in total. The van der Waals surface area contributed by atoms with Gasteiger partial charge in [0.1, 0.15) is 0 Å². The van der Waals surface area contributed by atoms with E-state index < -0.39 is 5.97 Å². The molecule has 0 radical (unpaired) electrons. The number of cyclic esters (lactones) is 1. The summed E-state index contributed by atoms with van der Waals surface area (Å²) in [6.07, 6.45) is 6.05. The van der Waals surface area contributed by atoms with Crippen molar-refractivity contribution in [1.29, 1.82) is 0 Å². The molecule has 1 atom stereocenters. The molecule has 1 aliphatic heterocycles. The molecule has 1 fully saturated rings. The van der Waals surface area contributed by atoms with Crippen molar-refractivity contribution in [2.75, 3.05) is 6.61 Å². The Morgan fingerprint density at radius 2 is 2.17 bits per heavy atom. The van der Waals surface area contributed by atoms with E-state index in [1.165, 1.54) is 6.92 Å². The van der Waals surface area contributed by atoms with E-state index >= 15 is 0 Å². The maximum absolute atomic E-state index is 11.2. The summed E-state index contributed by atoms with van der Waals surface area (Å²) in [5.74, 6) is -1.10. The Morgan fingerprint density at radius 3 is 2.67 bits per heavy atom. The van der Waals surface area contributed by atoms with E-state index in [9.17, 15) is 9.59 Å². The van der Waals surface area contributed by atoms with Gasteiger partial charge >= 0.3 is 11.9 Å². The molecule has 18 heavy (non-hydrogen) atoms. The first-order chi connectivity index (χ1) is 8.49. The van der Waals surface area contributed by atoms with E-state index in [-0.39, 0.29) is 17.5 Å². The van der Waals surface area contributed by atoms with Crippen molar-refractivity contribution in [2.24, 2.45) is 5.92 Å². The minimum atomic E-state index is -0.935. The molecule has 1 aliphatic rings. The van der Waals surface area contributed by atoms with Crippen LogP contribution >= 0.6 is 0 Å². The summed E-state index contributed by atoms with van der Waals surface area (Å²) in [4.78, 5) is 20.8. The van der Waals surface area contributed by atoms with Gasteiger partial charge in [-0.3, -0.25) is 4.79 Å². The maximum Gasteiger partial charge on any atom is 0.330 e. The molecule has 0 aromatic rings. The first-order valence-electron chi connectivity index (χ1n) is 5.83. The molecule has 0 aromatic heterocycles. The molecule has 0 aliphatic carbocycles. The van der Waals surface area contributed by atoms with E-state index in [4.69, 9.17) is 14.9 Å². The average molecular weight is 256 g/mol. The summed E-state index contributed by atoms with van der Waals surface area (Å²) in [7, 11) is 0. The molecular weight excluding hydrogens is 236 g/mol. The number of carboxylic acid groups (broad SMARTS) is 1. The van der Waals surface area contributed by atoms with E-state index in [2.05, 4.69) is 6.58 Å². The standard InChI is InChI=1S/C9H14O3.C4H6O2/c10-6-3-5-8-4-1-2-7-12-9(8)11;1-3(2)4(5)6/h3,6,8,10H,1-2,4-5,7H2;1H2,2H3,(H,5,6). The molecule has 0 aromatic carbocycles. The summed E-state index contributed by atoms with van der Waals surface area (Å²) in [6, 6.07) is 0. The Labute approximate surface area is 107 Å². The van der Waals surface area contributed by atoms with Gasteiger partial charge in [-0.15, -0.1) is 0 Å². The van der Waals surface area contributed by atoms with Gasteiger partial charge in [0.25, 0.3) is 0 Å². The minimum absolute atomic E-state index is 0.0455. The molecule has 102 valence electrons. The normalized spacial score (nSPS) is 19.4. The molecule has 1 saturated heterocycles. The fraction of sp³-hybridized carbons (Fsp3) is 0.538. The lowest BCUT2D eigenvalue weighted by Gasteiger charge is -2.07. The summed E-state index contributed by atoms with van der Waals surface area (Å²) in [5.41, 5.74) is 0.176. The zero-order chi connectivity index (χ0) is 14.0. The van der Waals surface area contributed by atoms with Crippen LogP contribution in [0.1, 0.15) is 32.6 Å². The third-order valence-electron chi connectivity index (χ3n) is 2.42. The van der Waals surface area contributed by atoms with E-state index in [1.54, 1.807) is 6.08 Å². The summed E-state index contributed by atoms with van der Waals surface area (Å²) in [5, 5.41) is 16.3. The third kappa shape index (κ3) is 7.49. The average Bonchev–Trinajstić information content (AvgIpc) is 2.52. The number of carboxylic acids is 1. The molecule has 0 saturated carbocycles. The summed E-state index contributed by atoms with van der Waals surface area (Å²) < 4.78 is 4.96. The Balaban J connectivity index is 0.000000411. The highest BCUT2D eigenvalue weighted by molar-refractivity contribution is 5.84. The van der Waals surface area contributed by atoms with Crippen molar-refractivity contribution in [3.63, 3.8) is 0 Å². The Morgan fingerprint density at radius 1 is 1.56 bits per heavy atom. The second-order valence-electron chi connectivity index (χ2n) is 4.07. The van der Waals surface area contributed by atoms with Crippen LogP contribution in [-0.4, -0.2) is 28.8 Å². The number of rotatable bonds is 3. The number of hydrogen-bond acceptors (Lipinski definition) is 4. The van der Waals surface area contributed by atoms with Crippen molar-refractivity contribution in [2.45, 2.75) is 32.6 Å². The van der Waals surface area contributed by atoms with Crippen LogP contribution in [0.5, 0.6) is 0 Å². The highest BCUT2D eigenvalue weighted by Crippen LogP contribution is 2.18. The number of carbonyl (C=O) groups excluding carboxylic acids is 1. The van der Waals surface area contributed by atoms with Crippen LogP contribution in [0.25, 0.3) is 0 Å². The molecule has 0 bridgehead atoms. The van der Waals surface area contributed by atoms with Crippen LogP contribution < -0.4 is 0 Å². The van der Waals surface area contributed by atoms with Crippen LogP contribution in [0.4, 0.5) is 0 Å². The lowest BCUT2D eigenvalue weighted by Crippen LogP contribution is -2.14. The number of allylic oxidation sites excluding steroid dienone is 1. The van der Waals surface area contributed by atoms with Gasteiger partial charge in [0.2, 0.25) is 0 Å². The van der Waals surface area contributed by atoms with Gasteiger partial charge in [0, 0.05) is 5.57 Å². The topological polar surface area (TPSA) is 83.8 Å². The monoisotopic (exact) mass is 256 g/mol. The first kappa shape index (κ1) is 16.2. The highest BCUT2D eigenvalue weighted by atomic mass is 16.5. The fourth-order valence-corrected chi connectivity index (χ4v) is 1.34. The van der Waals surface area contributed by atoms with Crippen molar-refractivity contribution in [3.05, 3.63) is 24.5 Å². The number of carbonyl (C=O) groups is 2. The zero-order valence-corrected chi connectivity index (χ0v) is 10.6. The zero-order valence-electron chi connectivity index (χ0n) is 10.6. The molecule has 1 rings (SSSR count). The number of hydrogen-bond donors (Lipinski definition) is 2. The number of ether oxygens (including phenoxy) is 1. The Bertz CT molecular complexity index is 307. The molecule has 0 spiro atoms. The Kier molecular flexibility index (Phi) is 8.35. The van der Waals surface area contributed by atoms with Gasteiger partial charge in [0.15, 0.2) is 0 Å². The lowest BCUT2D eigenvalue weighted by atomic mass is 10.00. The number of aliphatic hydroxyl groups excluding tert-OH is 1. The highest BCUT2D eigenvalue weighted by Gasteiger charge is 2.20. The SMILES string of the molecule is C=C(C)C(=O)O.O=C1OCCCCC1CC=CO. The van der Waals surface area contributed by atoms with E-state index in [0.29, 0.717) is 13.0 Å². The van der Waals surface area contributed by atoms with Gasteiger partial charge < -0.3 is 14.9 Å². The van der Waals surface area contributed by atoms with E-state index in [0.717, 1.165) is 25.5 Å². The maximum atomic E-state index is 11.2. The van der Waals surface area contributed by atoms with Crippen molar-refractivity contribution < 1.29 is 24.5 Å². The number of aliphatic hydroxyl groups is 1. The molecule has 1 heterocycles. The van der Waals surface area contributed by atoms with Crippen molar-refractivity contribution >= 4 is 11.9 Å². The largest absolute Gasteiger partial charge is 0.516 e. The summed E-state index contributed by atoms with van der Waals surface area (Å²) in [6.45, 7) is 5.16. The van der Waals surface area contributed by atoms with Crippen LogP contribution in [0.15, 0.2) is 24.5 Å². The number of esters is 1. The summed E-state index contributed by atoms with van der Waals surface area (Å²) >= 11 is 0. The van der Waals surface area contributed by atoms with Crippen LogP contribution in [0.2, 0.25) is 0 Å². The van der Waals surface area contributed by atoms with Gasteiger partial charge in [-0.1, -0.05) is 6.58 Å². The molecule has 0 amide bonds. The Hall–Kier alpha value is -1.78. The molecule has 2 N–H and O–H groups in total. The fourth-order valence-electron chi connectivity index (χ4n) is 1.34. The minimum Gasteiger partial charge on any atom is -0.516 e. The predicted molar refractivity (Wildman–Crippen MR) is 67.1 cm³/mol. The van der Waals surface area contributed by atoms with Gasteiger partial charge in [-0.2, -0.15) is 0 Å². The van der Waals surface area contributed by atoms with Gasteiger partial charge in [0.05, 0.1) is 18.8 Å².